The standard InChI is InChI=1S/C16H19N5O2/c1-11-15(12(2)20(3)19-11)16(22)17-10-13(14-6-4-9-23-14)21-8-5-7-18-21/h4-9,13H,10H2,1-3H3,(H,17,22). The van der Waals surface area contributed by atoms with Gasteiger partial charge in [0.05, 0.1) is 17.5 Å². The summed E-state index contributed by atoms with van der Waals surface area (Å²) in [7, 11) is 1.83. The van der Waals surface area contributed by atoms with Crippen LogP contribution in [-0.4, -0.2) is 32.0 Å². The summed E-state index contributed by atoms with van der Waals surface area (Å²) in [5, 5.41) is 11.5. The average Bonchev–Trinajstić information content (AvgIpc) is 3.24. The molecule has 0 aliphatic carbocycles. The lowest BCUT2D eigenvalue weighted by molar-refractivity contribution is 0.0946. The topological polar surface area (TPSA) is 77.9 Å². The molecule has 0 fully saturated rings. The molecule has 0 radical (unpaired) electrons. The van der Waals surface area contributed by atoms with Crippen LogP contribution in [0.25, 0.3) is 0 Å². The van der Waals surface area contributed by atoms with Gasteiger partial charge >= 0.3 is 0 Å². The summed E-state index contributed by atoms with van der Waals surface area (Å²) in [6.07, 6.45) is 5.16. The molecule has 0 saturated heterocycles. The number of hydrogen-bond acceptors (Lipinski definition) is 4. The van der Waals surface area contributed by atoms with Gasteiger partial charge in [-0.1, -0.05) is 0 Å². The van der Waals surface area contributed by atoms with Gasteiger partial charge in [-0.15, -0.1) is 0 Å². The number of amides is 1. The summed E-state index contributed by atoms with van der Waals surface area (Å²) in [4.78, 5) is 12.5. The SMILES string of the molecule is Cc1nn(C)c(C)c1C(=O)NCC(c1ccco1)n1cccn1. The van der Waals surface area contributed by atoms with Crippen LogP contribution in [-0.2, 0) is 7.05 Å². The quantitative estimate of drug-likeness (QED) is 0.779. The Morgan fingerprint density at radius 3 is 2.78 bits per heavy atom. The maximum atomic E-state index is 12.5. The second kappa shape index (κ2) is 6.12. The van der Waals surface area contributed by atoms with E-state index in [-0.39, 0.29) is 11.9 Å². The third-order valence-electron chi connectivity index (χ3n) is 3.91. The molecule has 1 unspecified atom stereocenters. The first-order valence-corrected chi connectivity index (χ1v) is 7.39. The zero-order valence-corrected chi connectivity index (χ0v) is 13.4. The van der Waals surface area contributed by atoms with E-state index in [0.717, 1.165) is 17.1 Å². The lowest BCUT2D eigenvalue weighted by atomic mass is 10.1. The fourth-order valence-electron chi connectivity index (χ4n) is 2.65. The van der Waals surface area contributed by atoms with Crippen molar-refractivity contribution < 1.29 is 9.21 Å². The van der Waals surface area contributed by atoms with E-state index in [4.69, 9.17) is 4.42 Å². The van der Waals surface area contributed by atoms with E-state index in [0.29, 0.717) is 12.1 Å². The molecule has 120 valence electrons. The minimum atomic E-state index is -0.193. The predicted octanol–water partition coefficient (Wildman–Crippen LogP) is 1.85. The molecule has 3 rings (SSSR count). The lowest BCUT2D eigenvalue weighted by Gasteiger charge is -2.16. The molecule has 0 aromatic carbocycles. The molecule has 3 aromatic heterocycles. The fraction of sp³-hybridized carbons (Fsp3) is 0.312. The van der Waals surface area contributed by atoms with E-state index >= 15 is 0 Å². The summed E-state index contributed by atoms with van der Waals surface area (Å²) in [5.74, 6) is 0.602. The molecule has 7 nitrogen and oxygen atoms in total. The van der Waals surface area contributed by atoms with Gasteiger partial charge in [-0.25, -0.2) is 0 Å². The van der Waals surface area contributed by atoms with E-state index in [2.05, 4.69) is 15.5 Å². The van der Waals surface area contributed by atoms with Gasteiger partial charge in [0.2, 0.25) is 0 Å². The van der Waals surface area contributed by atoms with Gasteiger partial charge in [0, 0.05) is 31.7 Å². The molecule has 1 atom stereocenters. The van der Waals surface area contributed by atoms with Gasteiger partial charge in [-0.2, -0.15) is 10.2 Å². The third kappa shape index (κ3) is 2.90. The highest BCUT2D eigenvalue weighted by Crippen LogP contribution is 2.18. The Morgan fingerprint density at radius 1 is 1.39 bits per heavy atom. The molecule has 7 heteroatoms. The number of nitrogens with zero attached hydrogens (tertiary/aromatic N) is 4. The fourth-order valence-corrected chi connectivity index (χ4v) is 2.65. The van der Waals surface area contributed by atoms with Crippen molar-refractivity contribution in [2.24, 2.45) is 7.05 Å². The number of carbonyl (C=O) groups excluding carboxylic acids is 1. The van der Waals surface area contributed by atoms with Crippen LogP contribution < -0.4 is 5.32 Å². The Morgan fingerprint density at radius 2 is 2.22 bits per heavy atom. The molecule has 0 bridgehead atoms. The van der Waals surface area contributed by atoms with Crippen LogP contribution >= 0.6 is 0 Å². The van der Waals surface area contributed by atoms with Crippen LogP contribution in [0.5, 0.6) is 0 Å². The van der Waals surface area contributed by atoms with E-state index in [1.807, 2.05) is 45.3 Å². The summed E-state index contributed by atoms with van der Waals surface area (Å²) in [6, 6.07) is 5.34. The number of hydrogen-bond donors (Lipinski definition) is 1. The molecule has 0 spiro atoms. The number of aryl methyl sites for hydroxylation is 2. The van der Waals surface area contributed by atoms with Crippen LogP contribution in [0.1, 0.15) is 33.5 Å². The minimum Gasteiger partial charge on any atom is -0.467 e. The summed E-state index contributed by atoms with van der Waals surface area (Å²) >= 11 is 0. The number of carbonyl (C=O) groups is 1. The highest BCUT2D eigenvalue weighted by atomic mass is 16.3. The number of furan rings is 1. The van der Waals surface area contributed by atoms with E-state index in [9.17, 15) is 4.79 Å². The first-order chi connectivity index (χ1) is 11.1. The van der Waals surface area contributed by atoms with E-state index in [1.165, 1.54) is 0 Å². The van der Waals surface area contributed by atoms with E-state index < -0.39 is 0 Å². The van der Waals surface area contributed by atoms with Crippen molar-refractivity contribution in [3.8, 4) is 0 Å². The van der Waals surface area contributed by atoms with Crippen LogP contribution in [0, 0.1) is 13.8 Å². The number of nitrogens with one attached hydrogen (secondary N) is 1. The molecular formula is C16H19N5O2. The zero-order chi connectivity index (χ0) is 16.4. The first-order valence-electron chi connectivity index (χ1n) is 7.39. The molecule has 1 N–H and O–H groups in total. The van der Waals surface area contributed by atoms with Crippen LogP contribution in [0.3, 0.4) is 0 Å². The monoisotopic (exact) mass is 313 g/mol. The van der Waals surface area contributed by atoms with Crippen molar-refractivity contribution in [3.63, 3.8) is 0 Å². The maximum absolute atomic E-state index is 12.5. The molecule has 23 heavy (non-hydrogen) atoms. The van der Waals surface area contributed by atoms with Crippen LogP contribution in [0.4, 0.5) is 0 Å². The largest absolute Gasteiger partial charge is 0.467 e. The molecule has 1 amide bonds. The number of rotatable bonds is 5. The number of aromatic nitrogens is 4. The van der Waals surface area contributed by atoms with Crippen LogP contribution in [0.15, 0.2) is 41.3 Å². The lowest BCUT2D eigenvalue weighted by Crippen LogP contribution is -2.32. The Bertz CT molecular complexity index is 753. The molecule has 0 aliphatic heterocycles. The van der Waals surface area contributed by atoms with Crippen LogP contribution in [0.2, 0.25) is 0 Å². The van der Waals surface area contributed by atoms with Gasteiger partial charge in [0.15, 0.2) is 0 Å². The predicted molar refractivity (Wildman–Crippen MR) is 84.1 cm³/mol. The average molecular weight is 313 g/mol. The van der Waals surface area contributed by atoms with Crippen molar-refractivity contribution >= 4 is 5.91 Å². The molecule has 3 heterocycles. The van der Waals surface area contributed by atoms with Crippen molar-refractivity contribution in [1.29, 1.82) is 0 Å². The van der Waals surface area contributed by atoms with Gasteiger partial charge in [-0.05, 0) is 32.0 Å². The maximum Gasteiger partial charge on any atom is 0.255 e. The third-order valence-corrected chi connectivity index (χ3v) is 3.91. The first kappa shape index (κ1) is 15.1. The molecule has 3 aromatic rings. The van der Waals surface area contributed by atoms with Crippen molar-refractivity contribution in [2.45, 2.75) is 19.9 Å². The van der Waals surface area contributed by atoms with Gasteiger partial charge in [-0.3, -0.25) is 14.2 Å². The van der Waals surface area contributed by atoms with Gasteiger partial charge in [0.25, 0.3) is 5.91 Å². The zero-order valence-electron chi connectivity index (χ0n) is 13.4. The molecular weight excluding hydrogens is 294 g/mol. The highest BCUT2D eigenvalue weighted by molar-refractivity contribution is 5.96. The highest BCUT2D eigenvalue weighted by Gasteiger charge is 2.21. The molecule has 0 saturated carbocycles. The van der Waals surface area contributed by atoms with E-state index in [1.54, 1.807) is 21.8 Å². The van der Waals surface area contributed by atoms with Gasteiger partial charge < -0.3 is 9.73 Å². The summed E-state index contributed by atoms with van der Waals surface area (Å²) in [6.45, 7) is 4.09. The Kier molecular flexibility index (Phi) is 4.01. The van der Waals surface area contributed by atoms with Crippen molar-refractivity contribution in [2.75, 3.05) is 6.54 Å². The second-order valence-corrected chi connectivity index (χ2v) is 5.40. The minimum absolute atomic E-state index is 0.142. The Balaban J connectivity index is 1.78. The summed E-state index contributed by atoms with van der Waals surface area (Å²) in [5.41, 5.74) is 2.18. The van der Waals surface area contributed by atoms with Crippen molar-refractivity contribution in [1.82, 2.24) is 24.9 Å². The van der Waals surface area contributed by atoms with Gasteiger partial charge in [0.1, 0.15) is 11.8 Å². The molecule has 0 aliphatic rings. The second-order valence-electron chi connectivity index (χ2n) is 5.40. The summed E-state index contributed by atoms with van der Waals surface area (Å²) < 4.78 is 8.96. The normalized spacial score (nSPS) is 12.3. The smallest absolute Gasteiger partial charge is 0.255 e. The Labute approximate surface area is 133 Å². The Hall–Kier alpha value is -2.83. The van der Waals surface area contributed by atoms with Crippen molar-refractivity contribution in [3.05, 3.63) is 59.6 Å².